The Labute approximate surface area is 62.5 Å². The van der Waals surface area contributed by atoms with Gasteiger partial charge >= 0.3 is 0 Å². The number of piperidine rings is 1. The summed E-state index contributed by atoms with van der Waals surface area (Å²) in [5, 5.41) is 3.61. The standard InChI is InChI=1S/C9H15N/c1-7-5-8-3-2-4-9(6-7)10-8/h5,8-10H,2-4,6H2,1H3. The number of rotatable bonds is 0. The Hall–Kier alpha value is -0.300. The smallest absolute Gasteiger partial charge is 0.0255 e. The number of fused-ring (bicyclic) bond motifs is 2. The molecule has 1 heteroatoms. The maximum atomic E-state index is 3.61. The van der Waals surface area contributed by atoms with Crippen molar-refractivity contribution in [2.24, 2.45) is 0 Å². The Balaban J connectivity index is 2.14. The minimum absolute atomic E-state index is 0.715. The molecule has 2 rings (SSSR count). The summed E-state index contributed by atoms with van der Waals surface area (Å²) in [6.45, 7) is 2.26. The Morgan fingerprint density at radius 3 is 3.20 bits per heavy atom. The van der Waals surface area contributed by atoms with E-state index in [1.54, 1.807) is 5.57 Å². The van der Waals surface area contributed by atoms with Crippen molar-refractivity contribution in [1.82, 2.24) is 5.32 Å². The monoisotopic (exact) mass is 137 g/mol. The van der Waals surface area contributed by atoms with E-state index in [-0.39, 0.29) is 0 Å². The topological polar surface area (TPSA) is 12.0 Å². The molecule has 1 saturated heterocycles. The van der Waals surface area contributed by atoms with Crippen molar-refractivity contribution >= 4 is 0 Å². The average molecular weight is 137 g/mol. The minimum atomic E-state index is 0.715. The fraction of sp³-hybridized carbons (Fsp3) is 0.778. The van der Waals surface area contributed by atoms with Crippen LogP contribution in [0.15, 0.2) is 11.6 Å². The van der Waals surface area contributed by atoms with Crippen molar-refractivity contribution in [3.05, 3.63) is 11.6 Å². The number of hydrogen-bond donors (Lipinski definition) is 1. The fourth-order valence-corrected chi connectivity index (χ4v) is 2.15. The van der Waals surface area contributed by atoms with Crippen LogP contribution in [0.1, 0.15) is 32.6 Å². The molecule has 2 atom stereocenters. The normalized spacial score (nSPS) is 39.1. The lowest BCUT2D eigenvalue weighted by atomic mass is 9.88. The second-order valence-corrected chi connectivity index (χ2v) is 3.62. The van der Waals surface area contributed by atoms with Crippen molar-refractivity contribution in [3.8, 4) is 0 Å². The molecule has 0 aromatic rings. The van der Waals surface area contributed by atoms with Crippen molar-refractivity contribution in [3.63, 3.8) is 0 Å². The Morgan fingerprint density at radius 2 is 2.40 bits per heavy atom. The minimum Gasteiger partial charge on any atom is -0.307 e. The van der Waals surface area contributed by atoms with Gasteiger partial charge in [-0.05, 0) is 26.2 Å². The first kappa shape index (κ1) is 6.41. The molecule has 10 heavy (non-hydrogen) atoms. The SMILES string of the molecule is CC1=CC2CCCC(C1)N2. The van der Waals surface area contributed by atoms with Crippen LogP contribution in [-0.2, 0) is 0 Å². The van der Waals surface area contributed by atoms with Gasteiger partial charge < -0.3 is 5.32 Å². The van der Waals surface area contributed by atoms with E-state index in [4.69, 9.17) is 0 Å². The molecule has 2 unspecified atom stereocenters. The van der Waals surface area contributed by atoms with Gasteiger partial charge in [-0.1, -0.05) is 18.1 Å². The zero-order valence-corrected chi connectivity index (χ0v) is 6.56. The van der Waals surface area contributed by atoms with Gasteiger partial charge in [0.15, 0.2) is 0 Å². The van der Waals surface area contributed by atoms with E-state index in [2.05, 4.69) is 18.3 Å². The Kier molecular flexibility index (Phi) is 1.53. The van der Waals surface area contributed by atoms with Gasteiger partial charge in [0.2, 0.25) is 0 Å². The first-order chi connectivity index (χ1) is 4.84. The van der Waals surface area contributed by atoms with Gasteiger partial charge in [0.25, 0.3) is 0 Å². The fourth-order valence-electron chi connectivity index (χ4n) is 2.15. The van der Waals surface area contributed by atoms with E-state index in [9.17, 15) is 0 Å². The summed E-state index contributed by atoms with van der Waals surface area (Å²) in [6, 6.07) is 1.52. The van der Waals surface area contributed by atoms with Crippen molar-refractivity contribution in [2.45, 2.75) is 44.7 Å². The van der Waals surface area contributed by atoms with Gasteiger partial charge in [-0.25, -0.2) is 0 Å². The van der Waals surface area contributed by atoms with Crippen LogP contribution in [0, 0.1) is 0 Å². The highest BCUT2D eigenvalue weighted by Gasteiger charge is 2.23. The first-order valence-electron chi connectivity index (χ1n) is 4.28. The molecular weight excluding hydrogens is 122 g/mol. The van der Waals surface area contributed by atoms with Crippen LogP contribution in [0.2, 0.25) is 0 Å². The summed E-state index contributed by atoms with van der Waals surface area (Å²) in [4.78, 5) is 0. The predicted molar refractivity (Wildman–Crippen MR) is 42.9 cm³/mol. The number of nitrogens with one attached hydrogen (secondary N) is 1. The molecule has 0 saturated carbocycles. The second-order valence-electron chi connectivity index (χ2n) is 3.62. The van der Waals surface area contributed by atoms with Crippen LogP contribution in [0.25, 0.3) is 0 Å². The first-order valence-corrected chi connectivity index (χ1v) is 4.28. The van der Waals surface area contributed by atoms with E-state index >= 15 is 0 Å². The van der Waals surface area contributed by atoms with Crippen molar-refractivity contribution in [2.75, 3.05) is 0 Å². The quantitative estimate of drug-likeness (QED) is 0.502. The maximum Gasteiger partial charge on any atom is 0.0255 e. The highest BCUT2D eigenvalue weighted by molar-refractivity contribution is 5.12. The summed E-state index contributed by atoms with van der Waals surface area (Å²) < 4.78 is 0. The Morgan fingerprint density at radius 1 is 1.50 bits per heavy atom. The lowest BCUT2D eigenvalue weighted by Gasteiger charge is -2.34. The van der Waals surface area contributed by atoms with Crippen LogP contribution in [0.4, 0.5) is 0 Å². The molecule has 0 spiro atoms. The summed E-state index contributed by atoms with van der Waals surface area (Å²) in [5.41, 5.74) is 1.59. The summed E-state index contributed by atoms with van der Waals surface area (Å²) in [7, 11) is 0. The molecule has 2 aliphatic heterocycles. The largest absolute Gasteiger partial charge is 0.307 e. The van der Waals surface area contributed by atoms with Gasteiger partial charge in [0.05, 0.1) is 0 Å². The summed E-state index contributed by atoms with van der Waals surface area (Å²) in [5.74, 6) is 0. The average Bonchev–Trinajstić information content (AvgIpc) is 1.85. The third kappa shape index (κ3) is 1.10. The van der Waals surface area contributed by atoms with Gasteiger partial charge in [0.1, 0.15) is 0 Å². The molecule has 56 valence electrons. The zero-order chi connectivity index (χ0) is 6.97. The molecule has 1 fully saturated rings. The molecule has 0 aromatic heterocycles. The lowest BCUT2D eigenvalue weighted by molar-refractivity contribution is 0.335. The molecule has 0 amide bonds. The highest BCUT2D eigenvalue weighted by Crippen LogP contribution is 2.24. The van der Waals surface area contributed by atoms with E-state index in [1.807, 2.05) is 0 Å². The lowest BCUT2D eigenvalue weighted by Crippen LogP contribution is -2.44. The molecule has 2 bridgehead atoms. The van der Waals surface area contributed by atoms with Crippen molar-refractivity contribution in [1.29, 1.82) is 0 Å². The molecule has 1 N–H and O–H groups in total. The molecule has 0 radical (unpaired) electrons. The highest BCUT2D eigenvalue weighted by atomic mass is 15.0. The predicted octanol–water partition coefficient (Wildman–Crippen LogP) is 1.85. The van der Waals surface area contributed by atoms with E-state index < -0.39 is 0 Å². The maximum absolute atomic E-state index is 3.61. The van der Waals surface area contributed by atoms with E-state index in [1.165, 1.54) is 25.7 Å². The summed E-state index contributed by atoms with van der Waals surface area (Å²) in [6.07, 6.45) is 7.85. The van der Waals surface area contributed by atoms with Gasteiger partial charge in [-0.2, -0.15) is 0 Å². The summed E-state index contributed by atoms with van der Waals surface area (Å²) >= 11 is 0. The van der Waals surface area contributed by atoms with Gasteiger partial charge in [-0.15, -0.1) is 0 Å². The van der Waals surface area contributed by atoms with Gasteiger partial charge in [0, 0.05) is 12.1 Å². The third-order valence-electron chi connectivity index (χ3n) is 2.57. The van der Waals surface area contributed by atoms with Gasteiger partial charge in [-0.3, -0.25) is 0 Å². The van der Waals surface area contributed by atoms with Crippen molar-refractivity contribution < 1.29 is 0 Å². The van der Waals surface area contributed by atoms with E-state index in [0.29, 0.717) is 6.04 Å². The molecule has 0 aromatic carbocycles. The van der Waals surface area contributed by atoms with Crippen LogP contribution < -0.4 is 5.32 Å². The Bertz CT molecular complexity index is 160. The molecule has 2 aliphatic rings. The van der Waals surface area contributed by atoms with E-state index in [0.717, 1.165) is 6.04 Å². The molecule has 2 heterocycles. The zero-order valence-electron chi connectivity index (χ0n) is 6.56. The third-order valence-corrected chi connectivity index (χ3v) is 2.57. The number of hydrogen-bond acceptors (Lipinski definition) is 1. The van der Waals surface area contributed by atoms with Crippen LogP contribution >= 0.6 is 0 Å². The van der Waals surface area contributed by atoms with Crippen LogP contribution in [-0.4, -0.2) is 12.1 Å². The molecule has 1 nitrogen and oxygen atoms in total. The molecular formula is C9H15N. The second kappa shape index (κ2) is 2.39. The molecule has 0 aliphatic carbocycles. The van der Waals surface area contributed by atoms with Crippen LogP contribution in [0.3, 0.4) is 0 Å². The van der Waals surface area contributed by atoms with Crippen LogP contribution in [0.5, 0.6) is 0 Å².